The van der Waals surface area contributed by atoms with Gasteiger partial charge >= 0.3 is 5.97 Å². The minimum Gasteiger partial charge on any atom is -0.497 e. The van der Waals surface area contributed by atoms with Crippen molar-refractivity contribution in [2.24, 2.45) is 5.92 Å². The first-order valence-corrected chi connectivity index (χ1v) is 20.2. The zero-order valence-corrected chi connectivity index (χ0v) is 30.6. The quantitative estimate of drug-likeness (QED) is 0.161. The Kier molecular flexibility index (Phi) is 10.1. The Morgan fingerprint density at radius 3 is 2.41 bits per heavy atom. The van der Waals surface area contributed by atoms with E-state index >= 15 is 0 Å². The lowest BCUT2D eigenvalue weighted by Crippen LogP contribution is -2.54. The number of carbonyl (C=O) groups excluding carboxylic acids is 4. The summed E-state index contributed by atoms with van der Waals surface area (Å²) >= 11 is 0. The van der Waals surface area contributed by atoms with Crippen LogP contribution in [0.15, 0.2) is 72.8 Å². The molecule has 12 nitrogen and oxygen atoms in total. The molecule has 0 radical (unpaired) electrons. The highest BCUT2D eigenvalue weighted by molar-refractivity contribution is 6.71. The number of β-lactam (4-membered cyclic amide) rings is 1. The van der Waals surface area contributed by atoms with Gasteiger partial charge in [0.05, 0.1) is 44.9 Å². The van der Waals surface area contributed by atoms with Gasteiger partial charge in [-0.3, -0.25) is 24.1 Å². The molecule has 2 N–H and O–H groups in total. The van der Waals surface area contributed by atoms with Gasteiger partial charge in [0, 0.05) is 42.7 Å². The maximum atomic E-state index is 14.9. The molecule has 5 atom stereocenters. The molecular weight excluding hydrogens is 671 g/mol. The summed E-state index contributed by atoms with van der Waals surface area (Å²) in [4.78, 5) is 69.4. The van der Waals surface area contributed by atoms with Crippen molar-refractivity contribution in [3.05, 3.63) is 89.5 Å². The summed E-state index contributed by atoms with van der Waals surface area (Å²) in [5.41, 5.74) is 1.40. The molecule has 2 saturated heterocycles. The average Bonchev–Trinajstić information content (AvgIpc) is 3.50. The van der Waals surface area contributed by atoms with E-state index in [1.807, 2.05) is 49.4 Å². The van der Waals surface area contributed by atoms with Crippen LogP contribution >= 0.6 is 0 Å². The Hall–Kier alpha value is -4.56. The molecule has 3 aliphatic heterocycles. The van der Waals surface area contributed by atoms with Crippen molar-refractivity contribution < 1.29 is 43.3 Å². The number of rotatable bonds is 12. The number of methoxy groups -OCH3 is 1. The number of carbonyl (C=O) groups is 4. The Morgan fingerprint density at radius 1 is 1.04 bits per heavy atom. The van der Waals surface area contributed by atoms with Gasteiger partial charge in [-0.05, 0) is 54.6 Å². The molecule has 0 aliphatic carbocycles. The highest BCUT2D eigenvalue weighted by Crippen LogP contribution is 2.60. The molecule has 3 aliphatic rings. The van der Waals surface area contributed by atoms with Gasteiger partial charge in [-0.2, -0.15) is 0 Å². The summed E-state index contributed by atoms with van der Waals surface area (Å²) in [6, 6.07) is 22.1. The summed E-state index contributed by atoms with van der Waals surface area (Å²) in [7, 11) is -1.52. The van der Waals surface area contributed by atoms with E-state index in [4.69, 9.17) is 14.2 Å². The predicted molar refractivity (Wildman–Crippen MR) is 191 cm³/mol. The summed E-state index contributed by atoms with van der Waals surface area (Å²) in [5, 5.41) is 9.82. The zero-order chi connectivity index (χ0) is 36.7. The van der Waals surface area contributed by atoms with Crippen LogP contribution in [0.25, 0.3) is 0 Å². The smallest absolute Gasteiger partial charge is 0.304 e. The third kappa shape index (κ3) is 6.78. The molecule has 51 heavy (non-hydrogen) atoms. The molecule has 3 aromatic carbocycles. The normalized spacial score (nSPS) is 24.1. The van der Waals surface area contributed by atoms with Gasteiger partial charge in [-0.15, -0.1) is 0 Å². The van der Waals surface area contributed by atoms with E-state index in [0.29, 0.717) is 29.2 Å². The number of nitrogens with zero attached hydrogens (tertiary/aromatic N) is 3. The second-order valence-corrected chi connectivity index (χ2v) is 18.0. The Bertz CT molecular complexity index is 1820. The van der Waals surface area contributed by atoms with Crippen LogP contribution in [0.2, 0.25) is 18.6 Å². The van der Waals surface area contributed by atoms with Gasteiger partial charge in [0.1, 0.15) is 5.75 Å². The van der Waals surface area contributed by atoms with Gasteiger partial charge in [0.2, 0.25) is 11.8 Å². The molecular formula is C38H45N3O9Si. The van der Waals surface area contributed by atoms with Crippen LogP contribution < -0.4 is 14.5 Å². The molecule has 6 rings (SSSR count). The minimum absolute atomic E-state index is 0.0808. The van der Waals surface area contributed by atoms with Gasteiger partial charge in [0.25, 0.3) is 5.91 Å². The van der Waals surface area contributed by atoms with E-state index in [-0.39, 0.29) is 50.3 Å². The second kappa shape index (κ2) is 14.2. The second-order valence-electron chi connectivity index (χ2n) is 14.1. The van der Waals surface area contributed by atoms with Crippen LogP contribution in [-0.2, 0) is 47.3 Å². The molecule has 3 heterocycles. The summed E-state index contributed by atoms with van der Waals surface area (Å²) in [5.74, 6) is -1.21. The lowest BCUT2D eigenvalue weighted by molar-refractivity contribution is -0.154. The fraction of sp³-hybridized carbons (Fsp3) is 0.421. The molecule has 0 saturated carbocycles. The molecule has 3 aromatic rings. The van der Waals surface area contributed by atoms with Gasteiger partial charge in [-0.25, -0.2) is 0 Å². The number of amides is 3. The van der Waals surface area contributed by atoms with Crippen molar-refractivity contribution in [1.82, 2.24) is 4.90 Å². The lowest BCUT2D eigenvalue weighted by atomic mass is 9.82. The number of anilines is 2. The van der Waals surface area contributed by atoms with Crippen molar-refractivity contribution in [3.63, 3.8) is 0 Å². The lowest BCUT2D eigenvalue weighted by Gasteiger charge is -2.39. The molecule has 0 bridgehead atoms. The number of esters is 1. The fourth-order valence-electron chi connectivity index (χ4n) is 8.03. The number of benzene rings is 3. The van der Waals surface area contributed by atoms with Crippen molar-refractivity contribution >= 4 is 43.4 Å². The maximum absolute atomic E-state index is 14.9. The number of ether oxygens (including phenoxy) is 3. The van der Waals surface area contributed by atoms with Gasteiger partial charge in [0.15, 0.2) is 20.1 Å². The molecule has 1 unspecified atom stereocenters. The highest BCUT2D eigenvalue weighted by atomic mass is 28.4. The summed E-state index contributed by atoms with van der Waals surface area (Å²) < 4.78 is 17.8. The molecule has 13 heteroatoms. The maximum Gasteiger partial charge on any atom is 0.304 e. The molecule has 2 fully saturated rings. The number of hydrogen-bond donors (Lipinski definition) is 2. The topological polar surface area (TPSA) is 146 Å². The van der Waals surface area contributed by atoms with Crippen LogP contribution in [0, 0.1) is 5.92 Å². The monoisotopic (exact) mass is 715 g/mol. The van der Waals surface area contributed by atoms with Crippen molar-refractivity contribution in [3.8, 4) is 5.75 Å². The van der Waals surface area contributed by atoms with E-state index in [9.17, 15) is 29.1 Å². The van der Waals surface area contributed by atoms with Crippen LogP contribution in [-0.4, -0.2) is 79.4 Å². The number of aliphatic hydroxyl groups excluding tert-OH is 1. The first-order valence-electron chi connectivity index (χ1n) is 17.2. The summed E-state index contributed by atoms with van der Waals surface area (Å²) in [6.07, 6.45) is -1.45. The molecule has 0 aromatic heterocycles. The van der Waals surface area contributed by atoms with E-state index in [1.165, 1.54) is 11.8 Å². The van der Waals surface area contributed by atoms with Crippen molar-refractivity contribution in [2.45, 2.75) is 76.3 Å². The Balaban J connectivity index is 1.33. The SMILES string of the molecule is COc1ccc2c(c1)[C@]1(O[C@@H](CC(=O)N(CCO)Cc3ccccc3)[C@H]([Si](C)(C)O)[C@H]1C)C(=O)N2Cc1cccc(N2C(=O)CC2OC(C)=O)c1. The molecule has 3 amide bonds. The number of hydrogen-bond acceptors (Lipinski definition) is 9. The number of fused-ring (bicyclic) bond motifs is 2. The predicted octanol–water partition coefficient (Wildman–Crippen LogP) is 4.08. The summed E-state index contributed by atoms with van der Waals surface area (Å²) in [6.45, 7) is 7.16. The Morgan fingerprint density at radius 2 is 1.76 bits per heavy atom. The Labute approximate surface area is 298 Å². The third-order valence-electron chi connectivity index (χ3n) is 10.2. The van der Waals surface area contributed by atoms with E-state index in [1.54, 1.807) is 60.3 Å². The first-order chi connectivity index (χ1) is 24.3. The van der Waals surface area contributed by atoms with E-state index in [0.717, 1.165) is 11.1 Å². The third-order valence-corrected chi connectivity index (χ3v) is 12.7. The zero-order valence-electron chi connectivity index (χ0n) is 29.6. The fourth-order valence-corrected chi connectivity index (χ4v) is 10.6. The van der Waals surface area contributed by atoms with Crippen molar-refractivity contribution in [2.75, 3.05) is 30.1 Å². The first kappa shape index (κ1) is 36.2. The van der Waals surface area contributed by atoms with E-state index < -0.39 is 43.7 Å². The van der Waals surface area contributed by atoms with Crippen LogP contribution in [0.5, 0.6) is 5.75 Å². The van der Waals surface area contributed by atoms with Crippen molar-refractivity contribution in [1.29, 1.82) is 0 Å². The van der Waals surface area contributed by atoms with Crippen LogP contribution in [0.1, 0.15) is 43.4 Å². The average molecular weight is 716 g/mol. The van der Waals surface area contributed by atoms with Crippen LogP contribution in [0.4, 0.5) is 11.4 Å². The van der Waals surface area contributed by atoms with E-state index in [2.05, 4.69) is 0 Å². The van der Waals surface area contributed by atoms with Crippen LogP contribution in [0.3, 0.4) is 0 Å². The van der Waals surface area contributed by atoms with Gasteiger partial charge in [-0.1, -0.05) is 49.4 Å². The molecule has 270 valence electrons. The standard InChI is InChI=1S/C38H45N3O9Si/c1-24-36(51(4,5)47)32(20-33(44)39(16-17-42)22-26-10-7-6-8-11-26)50-38(24)30-19-29(48-3)14-15-31(30)40(37(38)46)23-27-12-9-13-28(18-27)41-34(45)21-35(41)49-25(2)43/h6-15,18-19,24,32,35-36,42,47H,16-17,20-23H2,1-5H3/t24-,32+,35?,36-,38+/m1/s1. The number of aliphatic hydroxyl groups is 1. The molecule has 1 spiro atoms. The minimum atomic E-state index is -3.07. The highest BCUT2D eigenvalue weighted by Gasteiger charge is 2.66. The largest absolute Gasteiger partial charge is 0.497 e. The van der Waals surface area contributed by atoms with Gasteiger partial charge < -0.3 is 33.9 Å².